The van der Waals surface area contributed by atoms with Crippen molar-refractivity contribution in [1.29, 1.82) is 0 Å². The molecule has 0 unspecified atom stereocenters. The summed E-state index contributed by atoms with van der Waals surface area (Å²) in [5.41, 5.74) is 0.699. The third-order valence-electron chi connectivity index (χ3n) is 3.57. The molecule has 2 N–H and O–H groups in total. The zero-order chi connectivity index (χ0) is 17.1. The highest BCUT2D eigenvalue weighted by Gasteiger charge is 2.21. The number of carbonyl (C=O) groups excluding carboxylic acids is 1. The molecule has 2 heterocycles. The number of nitrogens with zero attached hydrogens (tertiary/aromatic N) is 2. The Hall–Kier alpha value is -2.32. The molecule has 0 fully saturated rings. The third-order valence-corrected chi connectivity index (χ3v) is 4.72. The predicted octanol–water partition coefficient (Wildman–Crippen LogP) is 3.69. The van der Waals surface area contributed by atoms with Crippen LogP contribution in [-0.2, 0) is 11.3 Å². The molecule has 24 heavy (non-hydrogen) atoms. The highest BCUT2D eigenvalue weighted by Crippen LogP contribution is 2.25. The maximum Gasteiger partial charge on any atom is 0.243 e. The number of carbonyl (C=O) groups is 1. The molecule has 0 saturated carbocycles. The number of aromatic amines is 1. The second-order valence-corrected chi connectivity index (χ2v) is 6.56. The average Bonchev–Trinajstić information content (AvgIpc) is 3.21. The number of hydrogen-bond donors (Lipinski definition) is 2. The lowest BCUT2D eigenvalue weighted by Crippen LogP contribution is -2.31. The number of nitrogens with one attached hydrogen (secondary N) is 2. The SMILES string of the molecule is C[C@@H](C(=O)NCc1cccc(F)c1)n1c(-c2cccs2)n[nH]c1=S. The van der Waals surface area contributed by atoms with Gasteiger partial charge in [-0.1, -0.05) is 18.2 Å². The van der Waals surface area contributed by atoms with Crippen molar-refractivity contribution < 1.29 is 9.18 Å². The van der Waals surface area contributed by atoms with Crippen molar-refractivity contribution >= 4 is 29.5 Å². The summed E-state index contributed by atoms with van der Waals surface area (Å²) < 4.78 is 15.3. The van der Waals surface area contributed by atoms with Crippen molar-refractivity contribution in [1.82, 2.24) is 20.1 Å². The Morgan fingerprint density at radius 2 is 2.29 bits per heavy atom. The Bertz CT molecular complexity index is 901. The van der Waals surface area contributed by atoms with Gasteiger partial charge in [-0.25, -0.2) is 4.39 Å². The second-order valence-electron chi connectivity index (χ2n) is 5.22. The number of rotatable bonds is 5. The molecule has 5 nitrogen and oxygen atoms in total. The van der Waals surface area contributed by atoms with Gasteiger partial charge in [-0.3, -0.25) is 14.5 Å². The molecule has 1 amide bonds. The highest BCUT2D eigenvalue weighted by molar-refractivity contribution is 7.71. The zero-order valence-corrected chi connectivity index (χ0v) is 14.5. The number of aromatic nitrogens is 3. The number of halogens is 1. The molecule has 0 bridgehead atoms. The van der Waals surface area contributed by atoms with E-state index in [0.29, 0.717) is 16.2 Å². The maximum atomic E-state index is 13.2. The molecule has 0 spiro atoms. The standard InChI is InChI=1S/C16H15FN4OS2/c1-10(15(22)18-9-11-4-2-5-12(17)8-11)21-14(19-20-16(21)23)13-6-3-7-24-13/h2-8,10H,9H2,1H3,(H,18,22)(H,20,23)/t10-/m0/s1. The van der Waals surface area contributed by atoms with E-state index in [2.05, 4.69) is 15.5 Å². The van der Waals surface area contributed by atoms with E-state index in [9.17, 15) is 9.18 Å². The smallest absolute Gasteiger partial charge is 0.243 e. The van der Waals surface area contributed by atoms with Gasteiger partial charge in [0.2, 0.25) is 5.91 Å². The van der Waals surface area contributed by atoms with Crippen LogP contribution in [-0.4, -0.2) is 20.7 Å². The summed E-state index contributed by atoms with van der Waals surface area (Å²) in [6.45, 7) is 2.00. The van der Waals surface area contributed by atoms with Gasteiger partial charge in [0.15, 0.2) is 10.6 Å². The van der Waals surface area contributed by atoms with Gasteiger partial charge in [0.25, 0.3) is 0 Å². The third kappa shape index (κ3) is 3.44. The van der Waals surface area contributed by atoms with Gasteiger partial charge in [-0.15, -0.1) is 11.3 Å². The fraction of sp³-hybridized carbons (Fsp3) is 0.188. The number of amides is 1. The molecule has 1 atom stereocenters. The normalized spacial score (nSPS) is 12.1. The molecular weight excluding hydrogens is 347 g/mol. The molecule has 0 aliphatic heterocycles. The minimum absolute atomic E-state index is 0.213. The summed E-state index contributed by atoms with van der Waals surface area (Å²) in [5, 5.41) is 11.7. The van der Waals surface area contributed by atoms with Gasteiger partial charge in [-0.2, -0.15) is 5.10 Å². The maximum absolute atomic E-state index is 13.2. The van der Waals surface area contributed by atoms with Crippen LogP contribution in [0.4, 0.5) is 4.39 Å². The van der Waals surface area contributed by atoms with Crippen LogP contribution in [0.5, 0.6) is 0 Å². The summed E-state index contributed by atoms with van der Waals surface area (Å²) in [7, 11) is 0. The van der Waals surface area contributed by atoms with E-state index < -0.39 is 6.04 Å². The van der Waals surface area contributed by atoms with E-state index in [1.54, 1.807) is 23.6 Å². The van der Waals surface area contributed by atoms with Crippen LogP contribution in [0.1, 0.15) is 18.5 Å². The lowest BCUT2D eigenvalue weighted by atomic mass is 10.2. The molecular formula is C16H15FN4OS2. The van der Waals surface area contributed by atoms with Crippen molar-refractivity contribution in [3.8, 4) is 10.7 Å². The van der Waals surface area contributed by atoms with Gasteiger partial charge < -0.3 is 5.32 Å². The molecule has 0 aliphatic rings. The lowest BCUT2D eigenvalue weighted by molar-refractivity contribution is -0.124. The Morgan fingerprint density at radius 1 is 1.46 bits per heavy atom. The minimum Gasteiger partial charge on any atom is -0.350 e. The summed E-state index contributed by atoms with van der Waals surface area (Å²) in [5.74, 6) is 0.0878. The van der Waals surface area contributed by atoms with Crippen LogP contribution < -0.4 is 5.32 Å². The Balaban J connectivity index is 1.77. The van der Waals surface area contributed by atoms with Crippen molar-refractivity contribution in [3.05, 3.63) is 57.9 Å². The lowest BCUT2D eigenvalue weighted by Gasteiger charge is -2.15. The summed E-state index contributed by atoms with van der Waals surface area (Å²) >= 11 is 6.78. The summed E-state index contributed by atoms with van der Waals surface area (Å²) in [6, 6.07) is 9.43. The van der Waals surface area contributed by atoms with Gasteiger partial charge in [0, 0.05) is 6.54 Å². The first-order valence-electron chi connectivity index (χ1n) is 7.29. The number of benzene rings is 1. The topological polar surface area (TPSA) is 62.7 Å². The minimum atomic E-state index is -0.540. The van der Waals surface area contributed by atoms with Crippen LogP contribution >= 0.6 is 23.6 Å². The largest absolute Gasteiger partial charge is 0.350 e. The quantitative estimate of drug-likeness (QED) is 0.681. The van der Waals surface area contributed by atoms with Crippen molar-refractivity contribution in [3.63, 3.8) is 0 Å². The first-order chi connectivity index (χ1) is 11.6. The first-order valence-corrected chi connectivity index (χ1v) is 8.58. The molecule has 3 rings (SSSR count). The van der Waals surface area contributed by atoms with E-state index in [1.165, 1.54) is 23.5 Å². The van der Waals surface area contributed by atoms with Crippen LogP contribution in [0, 0.1) is 10.6 Å². The summed E-state index contributed by atoms with van der Waals surface area (Å²) in [6.07, 6.45) is 0. The van der Waals surface area contributed by atoms with Crippen LogP contribution in [0.15, 0.2) is 41.8 Å². The van der Waals surface area contributed by atoms with E-state index >= 15 is 0 Å². The van der Waals surface area contributed by atoms with E-state index in [4.69, 9.17) is 12.2 Å². The first kappa shape index (κ1) is 16.5. The molecule has 3 aromatic rings. The zero-order valence-electron chi connectivity index (χ0n) is 12.8. The fourth-order valence-electron chi connectivity index (χ4n) is 2.34. The van der Waals surface area contributed by atoms with Gasteiger partial charge in [0.1, 0.15) is 11.9 Å². The molecule has 0 aliphatic carbocycles. The molecule has 1 aromatic carbocycles. The van der Waals surface area contributed by atoms with Gasteiger partial charge in [-0.05, 0) is 48.3 Å². The van der Waals surface area contributed by atoms with E-state index in [-0.39, 0.29) is 18.3 Å². The van der Waals surface area contributed by atoms with Crippen molar-refractivity contribution in [2.24, 2.45) is 0 Å². The van der Waals surface area contributed by atoms with Crippen molar-refractivity contribution in [2.45, 2.75) is 19.5 Å². The number of thiophene rings is 1. The molecule has 0 radical (unpaired) electrons. The van der Waals surface area contributed by atoms with E-state index in [1.807, 2.05) is 17.5 Å². The summed E-state index contributed by atoms with van der Waals surface area (Å²) in [4.78, 5) is 13.4. The number of H-pyrrole nitrogens is 1. The monoisotopic (exact) mass is 362 g/mol. The Kier molecular flexibility index (Phi) is 4.86. The predicted molar refractivity (Wildman–Crippen MR) is 93.7 cm³/mol. The van der Waals surface area contributed by atoms with Crippen LogP contribution in [0.25, 0.3) is 10.7 Å². The van der Waals surface area contributed by atoms with Crippen LogP contribution in [0.3, 0.4) is 0 Å². The van der Waals surface area contributed by atoms with Crippen LogP contribution in [0.2, 0.25) is 0 Å². The average molecular weight is 362 g/mol. The molecule has 2 aromatic heterocycles. The highest BCUT2D eigenvalue weighted by atomic mass is 32.1. The van der Waals surface area contributed by atoms with E-state index in [0.717, 1.165) is 4.88 Å². The van der Waals surface area contributed by atoms with Crippen molar-refractivity contribution in [2.75, 3.05) is 0 Å². The Morgan fingerprint density at radius 3 is 3.00 bits per heavy atom. The van der Waals surface area contributed by atoms with Gasteiger partial charge >= 0.3 is 0 Å². The molecule has 124 valence electrons. The molecule has 8 heteroatoms. The second kappa shape index (κ2) is 7.06. The fourth-order valence-corrected chi connectivity index (χ4v) is 3.35. The number of hydrogen-bond acceptors (Lipinski definition) is 4. The van der Waals surface area contributed by atoms with Gasteiger partial charge in [0.05, 0.1) is 4.88 Å². The Labute approximate surface area is 147 Å². The molecule has 0 saturated heterocycles.